The van der Waals surface area contributed by atoms with Crippen molar-refractivity contribution in [1.82, 2.24) is 0 Å². The summed E-state index contributed by atoms with van der Waals surface area (Å²) in [4.78, 5) is 11.7. The molecule has 1 amide bonds. The molecule has 1 atom stereocenters. The zero-order valence-corrected chi connectivity index (χ0v) is 13.0. The topological polar surface area (TPSA) is 49.3 Å². The molecule has 6 heteroatoms. The van der Waals surface area contributed by atoms with Crippen molar-refractivity contribution in [3.63, 3.8) is 0 Å². The smallest absolute Gasteiger partial charge is 0.225 e. The number of nitrogens with one attached hydrogen (secondary N) is 1. The van der Waals surface area contributed by atoms with E-state index in [1.165, 1.54) is 0 Å². The van der Waals surface area contributed by atoms with Gasteiger partial charge in [-0.1, -0.05) is 30.1 Å². The molecule has 2 N–H and O–H groups in total. The molecule has 1 aromatic rings. The third-order valence-electron chi connectivity index (χ3n) is 2.47. The fraction of sp³-hybridized carbons (Fsp3) is 0.462. The number of aliphatic hydroxyl groups is 1. The number of rotatable bonds is 7. The Morgan fingerprint density at radius 1 is 1.47 bits per heavy atom. The van der Waals surface area contributed by atoms with Gasteiger partial charge in [0.05, 0.1) is 10.7 Å². The second-order valence-electron chi connectivity index (χ2n) is 4.12. The van der Waals surface area contributed by atoms with E-state index < -0.39 is 0 Å². The molecule has 0 spiro atoms. The first kappa shape index (κ1) is 16.6. The lowest BCUT2D eigenvalue weighted by Gasteiger charge is -2.10. The molecule has 0 heterocycles. The van der Waals surface area contributed by atoms with Crippen molar-refractivity contribution in [3.05, 3.63) is 28.2 Å². The highest BCUT2D eigenvalue weighted by Crippen LogP contribution is 2.25. The van der Waals surface area contributed by atoms with Gasteiger partial charge in [0, 0.05) is 29.1 Å². The normalized spacial score (nSPS) is 12.2. The zero-order chi connectivity index (χ0) is 14.3. The number of anilines is 1. The quantitative estimate of drug-likeness (QED) is 0.802. The fourth-order valence-electron chi connectivity index (χ4n) is 1.42. The molecular formula is C13H17Cl2NO2S. The summed E-state index contributed by atoms with van der Waals surface area (Å²) in [6.45, 7) is 2.21. The van der Waals surface area contributed by atoms with Crippen molar-refractivity contribution in [1.29, 1.82) is 0 Å². The number of carbonyl (C=O) groups is 1. The van der Waals surface area contributed by atoms with E-state index in [-0.39, 0.29) is 12.5 Å². The van der Waals surface area contributed by atoms with Crippen LogP contribution in [0.3, 0.4) is 0 Å². The number of aliphatic hydroxyl groups excluding tert-OH is 1. The van der Waals surface area contributed by atoms with Crippen molar-refractivity contribution >= 4 is 46.6 Å². The second-order valence-corrected chi connectivity index (χ2v) is 6.51. The van der Waals surface area contributed by atoms with Crippen LogP contribution in [0.25, 0.3) is 0 Å². The largest absolute Gasteiger partial charge is 0.396 e. The van der Waals surface area contributed by atoms with E-state index in [4.69, 9.17) is 28.3 Å². The summed E-state index contributed by atoms with van der Waals surface area (Å²) >= 11 is 13.5. The van der Waals surface area contributed by atoms with Crippen molar-refractivity contribution in [3.8, 4) is 0 Å². The van der Waals surface area contributed by atoms with E-state index >= 15 is 0 Å². The Kier molecular flexibility index (Phi) is 7.61. The van der Waals surface area contributed by atoms with Gasteiger partial charge in [0.1, 0.15) is 0 Å². The van der Waals surface area contributed by atoms with Crippen molar-refractivity contribution < 1.29 is 9.90 Å². The van der Waals surface area contributed by atoms with Crippen LogP contribution in [0.15, 0.2) is 18.2 Å². The van der Waals surface area contributed by atoms with Gasteiger partial charge in [-0.3, -0.25) is 4.79 Å². The average Bonchev–Trinajstić information content (AvgIpc) is 2.34. The number of thioether (sulfide) groups is 1. The van der Waals surface area contributed by atoms with Crippen molar-refractivity contribution in [2.75, 3.05) is 17.7 Å². The highest BCUT2D eigenvalue weighted by Gasteiger charge is 2.08. The fourth-order valence-corrected chi connectivity index (χ4v) is 2.74. The highest BCUT2D eigenvalue weighted by atomic mass is 35.5. The first-order valence-electron chi connectivity index (χ1n) is 6.00. The van der Waals surface area contributed by atoms with Crippen LogP contribution >= 0.6 is 35.0 Å². The number of benzene rings is 1. The molecule has 0 bridgehead atoms. The molecule has 0 saturated heterocycles. The average molecular weight is 322 g/mol. The van der Waals surface area contributed by atoms with Gasteiger partial charge in [-0.05, 0) is 24.6 Å². The monoisotopic (exact) mass is 321 g/mol. The lowest BCUT2D eigenvalue weighted by Crippen LogP contribution is -2.13. The molecule has 0 saturated carbocycles. The van der Waals surface area contributed by atoms with Gasteiger partial charge in [-0.15, -0.1) is 0 Å². The molecule has 0 fully saturated rings. The molecule has 3 nitrogen and oxygen atoms in total. The summed E-state index contributed by atoms with van der Waals surface area (Å²) in [5, 5.41) is 12.9. The van der Waals surface area contributed by atoms with E-state index in [9.17, 15) is 4.79 Å². The summed E-state index contributed by atoms with van der Waals surface area (Å²) in [5.74, 6) is 0.624. The third-order valence-corrected chi connectivity index (χ3v) is 4.28. The predicted molar refractivity (Wildman–Crippen MR) is 83.3 cm³/mol. The lowest BCUT2D eigenvalue weighted by atomic mass is 10.3. The summed E-state index contributed by atoms with van der Waals surface area (Å²) < 4.78 is 0. The molecule has 0 radical (unpaired) electrons. The minimum Gasteiger partial charge on any atom is -0.396 e. The van der Waals surface area contributed by atoms with Crippen LogP contribution in [0.5, 0.6) is 0 Å². The minimum atomic E-state index is -0.0899. The number of carbonyl (C=O) groups excluding carboxylic acids is 1. The molecule has 1 unspecified atom stereocenters. The van der Waals surface area contributed by atoms with Crippen LogP contribution < -0.4 is 5.32 Å². The molecule has 19 heavy (non-hydrogen) atoms. The van der Waals surface area contributed by atoms with Gasteiger partial charge in [0.15, 0.2) is 0 Å². The minimum absolute atomic E-state index is 0.0899. The summed E-state index contributed by atoms with van der Waals surface area (Å²) in [5.41, 5.74) is 0.535. The van der Waals surface area contributed by atoms with Gasteiger partial charge in [0.2, 0.25) is 5.91 Å². The summed E-state index contributed by atoms with van der Waals surface area (Å²) in [6, 6.07) is 4.95. The molecular weight excluding hydrogens is 305 g/mol. The molecule has 0 aliphatic rings. The van der Waals surface area contributed by atoms with E-state index in [1.54, 1.807) is 30.0 Å². The lowest BCUT2D eigenvalue weighted by molar-refractivity contribution is -0.115. The van der Waals surface area contributed by atoms with Crippen LogP contribution in [0.4, 0.5) is 5.69 Å². The maximum atomic E-state index is 11.7. The number of hydrogen-bond donors (Lipinski definition) is 2. The zero-order valence-electron chi connectivity index (χ0n) is 10.7. The SMILES string of the molecule is CC(CCO)SCCC(=O)Nc1cc(Cl)ccc1Cl. The van der Waals surface area contributed by atoms with Crippen LogP contribution in [0.1, 0.15) is 19.8 Å². The molecule has 1 rings (SSSR count). The Morgan fingerprint density at radius 3 is 2.89 bits per heavy atom. The van der Waals surface area contributed by atoms with Gasteiger partial charge in [-0.2, -0.15) is 11.8 Å². The molecule has 0 aliphatic heterocycles. The highest BCUT2D eigenvalue weighted by molar-refractivity contribution is 7.99. The number of amides is 1. The van der Waals surface area contributed by atoms with Crippen LogP contribution in [-0.2, 0) is 4.79 Å². The molecule has 1 aromatic carbocycles. The van der Waals surface area contributed by atoms with E-state index in [0.29, 0.717) is 33.2 Å². The Labute approximate surface area is 127 Å². The maximum absolute atomic E-state index is 11.7. The van der Waals surface area contributed by atoms with Crippen LogP contribution in [0.2, 0.25) is 10.0 Å². The maximum Gasteiger partial charge on any atom is 0.225 e. The van der Waals surface area contributed by atoms with Gasteiger partial charge >= 0.3 is 0 Å². The standard InChI is InChI=1S/C13H17Cl2NO2S/c1-9(4-6-17)19-7-5-13(18)16-12-8-10(14)2-3-11(12)15/h2-3,8-9,17H,4-7H2,1H3,(H,16,18). The van der Waals surface area contributed by atoms with Crippen LogP contribution in [0, 0.1) is 0 Å². The van der Waals surface area contributed by atoms with Gasteiger partial charge in [-0.25, -0.2) is 0 Å². The molecule has 0 aliphatic carbocycles. The Hall–Kier alpha value is -0.420. The Bertz CT molecular complexity index is 429. The van der Waals surface area contributed by atoms with E-state index in [2.05, 4.69) is 5.32 Å². The predicted octanol–water partition coefficient (Wildman–Crippen LogP) is 3.83. The Balaban J connectivity index is 2.37. The summed E-state index contributed by atoms with van der Waals surface area (Å²) in [6.07, 6.45) is 1.15. The van der Waals surface area contributed by atoms with Crippen molar-refractivity contribution in [2.24, 2.45) is 0 Å². The van der Waals surface area contributed by atoms with Gasteiger partial charge in [0.25, 0.3) is 0 Å². The molecule has 106 valence electrons. The second kappa shape index (κ2) is 8.69. The molecule has 0 aromatic heterocycles. The van der Waals surface area contributed by atoms with Crippen molar-refractivity contribution in [2.45, 2.75) is 25.0 Å². The van der Waals surface area contributed by atoms with Gasteiger partial charge < -0.3 is 10.4 Å². The first-order chi connectivity index (χ1) is 9.02. The Morgan fingerprint density at radius 2 is 2.21 bits per heavy atom. The van der Waals surface area contributed by atoms with E-state index in [0.717, 1.165) is 6.42 Å². The first-order valence-corrected chi connectivity index (χ1v) is 7.80. The third kappa shape index (κ3) is 6.52. The van der Waals surface area contributed by atoms with Crippen LogP contribution in [-0.4, -0.2) is 28.6 Å². The van der Waals surface area contributed by atoms with E-state index in [1.807, 2.05) is 6.92 Å². The number of hydrogen-bond acceptors (Lipinski definition) is 3. The number of halogens is 2. The summed E-state index contributed by atoms with van der Waals surface area (Å²) in [7, 11) is 0.